The van der Waals surface area contributed by atoms with Crippen LogP contribution >= 0.6 is 11.6 Å². The third kappa shape index (κ3) is 3.15. The Balaban J connectivity index is 2.24. The maximum Gasteiger partial charge on any atom is 0.121 e. The molecule has 100 valence electrons. The molecule has 0 aliphatic carbocycles. The van der Waals surface area contributed by atoms with Gasteiger partial charge in [0.15, 0.2) is 0 Å². The lowest BCUT2D eigenvalue weighted by atomic mass is 10.1. The zero-order chi connectivity index (χ0) is 13.8. The van der Waals surface area contributed by atoms with Crippen molar-refractivity contribution in [2.24, 2.45) is 0 Å². The van der Waals surface area contributed by atoms with Gasteiger partial charge in [-0.25, -0.2) is 0 Å². The Bertz CT molecular complexity index is 574. The highest BCUT2D eigenvalue weighted by atomic mass is 35.5. The molecule has 4 nitrogen and oxygen atoms in total. The van der Waals surface area contributed by atoms with Crippen LogP contribution in [-0.2, 0) is 0 Å². The standard InChI is InChI=1S/C14H16ClN3O/c1-9-14(17-7-6-16-9)10(2)18-13-8-11(19-3)4-5-12(13)15/h4-8,10,18H,1-3H3. The van der Waals surface area contributed by atoms with Crippen molar-refractivity contribution in [1.29, 1.82) is 0 Å². The van der Waals surface area contributed by atoms with Gasteiger partial charge >= 0.3 is 0 Å². The molecule has 1 atom stereocenters. The molecule has 0 saturated heterocycles. The quantitative estimate of drug-likeness (QED) is 0.927. The number of anilines is 1. The van der Waals surface area contributed by atoms with E-state index in [9.17, 15) is 0 Å². The van der Waals surface area contributed by atoms with Crippen LogP contribution in [-0.4, -0.2) is 17.1 Å². The Labute approximate surface area is 117 Å². The summed E-state index contributed by atoms with van der Waals surface area (Å²) in [5.41, 5.74) is 2.63. The number of halogens is 1. The summed E-state index contributed by atoms with van der Waals surface area (Å²) in [6, 6.07) is 5.51. The van der Waals surface area contributed by atoms with Crippen molar-refractivity contribution < 1.29 is 4.74 Å². The van der Waals surface area contributed by atoms with Crippen molar-refractivity contribution in [2.75, 3.05) is 12.4 Å². The molecule has 0 aliphatic rings. The number of nitrogens with zero attached hydrogens (tertiary/aromatic N) is 2. The van der Waals surface area contributed by atoms with Crippen molar-refractivity contribution in [3.05, 3.63) is 47.0 Å². The molecule has 0 bridgehead atoms. The van der Waals surface area contributed by atoms with Crippen LogP contribution in [0.4, 0.5) is 5.69 Å². The smallest absolute Gasteiger partial charge is 0.121 e. The van der Waals surface area contributed by atoms with Gasteiger partial charge in [-0.1, -0.05) is 11.6 Å². The predicted octanol–water partition coefficient (Wildman–Crippen LogP) is 3.62. The van der Waals surface area contributed by atoms with Gasteiger partial charge in [0.25, 0.3) is 0 Å². The van der Waals surface area contributed by atoms with Gasteiger partial charge in [-0.3, -0.25) is 9.97 Å². The predicted molar refractivity (Wildman–Crippen MR) is 76.8 cm³/mol. The third-order valence-electron chi connectivity index (χ3n) is 2.87. The fourth-order valence-electron chi connectivity index (χ4n) is 1.89. The molecule has 0 saturated carbocycles. The van der Waals surface area contributed by atoms with Crippen LogP contribution in [0.5, 0.6) is 5.75 Å². The molecule has 5 heteroatoms. The van der Waals surface area contributed by atoms with Gasteiger partial charge < -0.3 is 10.1 Å². The Morgan fingerprint density at radius 1 is 1.26 bits per heavy atom. The highest BCUT2D eigenvalue weighted by molar-refractivity contribution is 6.33. The van der Waals surface area contributed by atoms with Gasteiger partial charge in [0, 0.05) is 18.5 Å². The van der Waals surface area contributed by atoms with E-state index in [-0.39, 0.29) is 6.04 Å². The Morgan fingerprint density at radius 3 is 2.68 bits per heavy atom. The van der Waals surface area contributed by atoms with E-state index < -0.39 is 0 Å². The van der Waals surface area contributed by atoms with E-state index in [1.54, 1.807) is 25.6 Å². The number of benzene rings is 1. The summed E-state index contributed by atoms with van der Waals surface area (Å²) in [6.45, 7) is 3.96. The molecule has 2 rings (SSSR count). The third-order valence-corrected chi connectivity index (χ3v) is 3.20. The number of rotatable bonds is 4. The van der Waals surface area contributed by atoms with Crippen molar-refractivity contribution in [2.45, 2.75) is 19.9 Å². The first-order valence-electron chi connectivity index (χ1n) is 5.99. The van der Waals surface area contributed by atoms with E-state index in [4.69, 9.17) is 16.3 Å². The number of aryl methyl sites for hydroxylation is 1. The number of ether oxygens (including phenoxy) is 1. The van der Waals surface area contributed by atoms with Gasteiger partial charge in [-0.2, -0.15) is 0 Å². The van der Waals surface area contributed by atoms with E-state index >= 15 is 0 Å². The summed E-state index contributed by atoms with van der Waals surface area (Å²) < 4.78 is 5.19. The zero-order valence-electron chi connectivity index (χ0n) is 11.1. The zero-order valence-corrected chi connectivity index (χ0v) is 11.9. The number of nitrogens with one attached hydrogen (secondary N) is 1. The Kier molecular flexibility index (Phi) is 4.22. The molecular formula is C14H16ClN3O. The average Bonchev–Trinajstić information content (AvgIpc) is 2.41. The van der Waals surface area contributed by atoms with E-state index in [0.717, 1.165) is 22.8 Å². The first-order chi connectivity index (χ1) is 9.11. The lowest BCUT2D eigenvalue weighted by molar-refractivity contribution is 0.415. The van der Waals surface area contributed by atoms with Gasteiger partial charge in [-0.15, -0.1) is 0 Å². The summed E-state index contributed by atoms with van der Waals surface area (Å²) in [6.07, 6.45) is 3.37. The SMILES string of the molecule is COc1ccc(Cl)c(NC(C)c2nccnc2C)c1. The largest absolute Gasteiger partial charge is 0.497 e. The second-order valence-corrected chi connectivity index (χ2v) is 4.65. The van der Waals surface area contributed by atoms with E-state index in [1.165, 1.54) is 0 Å². The van der Waals surface area contributed by atoms with E-state index in [2.05, 4.69) is 15.3 Å². The van der Waals surface area contributed by atoms with Crippen molar-refractivity contribution in [1.82, 2.24) is 9.97 Å². The lowest BCUT2D eigenvalue weighted by Crippen LogP contribution is -2.11. The van der Waals surface area contributed by atoms with Crippen LogP contribution in [0, 0.1) is 6.92 Å². The number of hydrogen-bond donors (Lipinski definition) is 1. The van der Waals surface area contributed by atoms with Crippen molar-refractivity contribution in [3.8, 4) is 5.75 Å². The first-order valence-corrected chi connectivity index (χ1v) is 6.37. The summed E-state index contributed by atoms with van der Waals surface area (Å²) in [5.74, 6) is 0.759. The van der Waals surface area contributed by atoms with Gasteiger partial charge in [0.2, 0.25) is 0 Å². The molecule has 1 N–H and O–H groups in total. The van der Waals surface area contributed by atoms with Crippen molar-refractivity contribution >= 4 is 17.3 Å². The maximum absolute atomic E-state index is 6.17. The lowest BCUT2D eigenvalue weighted by Gasteiger charge is -2.17. The number of aromatic nitrogens is 2. The van der Waals surface area contributed by atoms with E-state index in [0.29, 0.717) is 5.02 Å². The van der Waals surface area contributed by atoms with Crippen molar-refractivity contribution in [3.63, 3.8) is 0 Å². The minimum absolute atomic E-state index is 0.0123. The molecule has 0 aliphatic heterocycles. The molecule has 19 heavy (non-hydrogen) atoms. The van der Waals surface area contributed by atoms with Crippen LogP contribution in [0.25, 0.3) is 0 Å². The Morgan fingerprint density at radius 2 is 2.00 bits per heavy atom. The molecule has 1 aromatic carbocycles. The summed E-state index contributed by atoms with van der Waals surface area (Å²) in [5, 5.41) is 3.97. The second kappa shape index (κ2) is 5.89. The molecule has 0 spiro atoms. The number of methoxy groups -OCH3 is 1. The highest BCUT2D eigenvalue weighted by Crippen LogP contribution is 2.29. The fraction of sp³-hybridized carbons (Fsp3) is 0.286. The minimum atomic E-state index is 0.0123. The second-order valence-electron chi connectivity index (χ2n) is 4.24. The minimum Gasteiger partial charge on any atom is -0.497 e. The fourth-order valence-corrected chi connectivity index (χ4v) is 2.06. The molecule has 0 radical (unpaired) electrons. The first kappa shape index (κ1) is 13.6. The summed E-state index contributed by atoms with van der Waals surface area (Å²) in [7, 11) is 1.63. The highest BCUT2D eigenvalue weighted by Gasteiger charge is 2.12. The monoisotopic (exact) mass is 277 g/mol. The average molecular weight is 278 g/mol. The van der Waals surface area contributed by atoms with E-state index in [1.807, 2.05) is 26.0 Å². The maximum atomic E-state index is 6.17. The molecule has 1 unspecified atom stereocenters. The van der Waals surface area contributed by atoms with Gasteiger partial charge in [0.05, 0.1) is 35.2 Å². The molecule has 2 aromatic rings. The normalized spacial score (nSPS) is 12.0. The van der Waals surface area contributed by atoms with Crippen LogP contribution in [0.2, 0.25) is 5.02 Å². The molecule has 0 amide bonds. The Hall–Kier alpha value is -1.81. The molecule has 1 aromatic heterocycles. The van der Waals surface area contributed by atoms with Crippen LogP contribution in [0.15, 0.2) is 30.6 Å². The van der Waals surface area contributed by atoms with Crippen LogP contribution in [0.3, 0.4) is 0 Å². The topological polar surface area (TPSA) is 47.0 Å². The molecule has 0 fully saturated rings. The molecule has 1 heterocycles. The summed E-state index contributed by atoms with van der Waals surface area (Å²) >= 11 is 6.17. The van der Waals surface area contributed by atoms with Crippen LogP contribution in [0.1, 0.15) is 24.4 Å². The van der Waals surface area contributed by atoms with Gasteiger partial charge in [-0.05, 0) is 26.0 Å². The van der Waals surface area contributed by atoms with Gasteiger partial charge in [0.1, 0.15) is 5.75 Å². The summed E-state index contributed by atoms with van der Waals surface area (Å²) in [4.78, 5) is 8.59. The number of hydrogen-bond acceptors (Lipinski definition) is 4. The van der Waals surface area contributed by atoms with Crippen LogP contribution < -0.4 is 10.1 Å². The molecular weight excluding hydrogens is 262 g/mol.